The maximum absolute atomic E-state index is 12.7. The largest absolute Gasteiger partial charge is 0.348 e. The molecule has 0 saturated carbocycles. The van der Waals surface area contributed by atoms with Crippen molar-refractivity contribution >= 4 is 11.7 Å². The van der Waals surface area contributed by atoms with Crippen LogP contribution in [0.25, 0.3) is 0 Å². The number of aryl methyl sites for hydroxylation is 1. The Balaban J connectivity index is 1.49. The van der Waals surface area contributed by atoms with Crippen LogP contribution in [0, 0.1) is 0 Å². The fourth-order valence-electron chi connectivity index (χ4n) is 4.02. The Morgan fingerprint density at radius 2 is 1.31 bits per heavy atom. The lowest BCUT2D eigenvalue weighted by molar-refractivity contribution is -0.128. The number of Topliss-reactive ketones (excluding diaryl/α,β-unsaturated/α-hetero) is 1. The molecule has 1 aliphatic rings. The molecule has 1 amide bonds. The Hall–Kier alpha value is -3.18. The van der Waals surface area contributed by atoms with Crippen molar-refractivity contribution in [2.75, 3.05) is 26.2 Å². The van der Waals surface area contributed by atoms with E-state index in [-0.39, 0.29) is 6.04 Å². The van der Waals surface area contributed by atoms with Crippen LogP contribution in [0.3, 0.4) is 0 Å². The van der Waals surface area contributed by atoms with Gasteiger partial charge in [0.25, 0.3) is 11.7 Å². The monoisotopic (exact) mass is 387 g/mol. The maximum Gasteiger partial charge on any atom is 0.296 e. The van der Waals surface area contributed by atoms with Crippen molar-refractivity contribution in [3.05, 3.63) is 95.8 Å². The normalized spacial score (nSPS) is 14.9. The van der Waals surface area contributed by atoms with Crippen molar-refractivity contribution < 1.29 is 9.59 Å². The van der Waals surface area contributed by atoms with Crippen molar-refractivity contribution in [1.29, 1.82) is 0 Å². The summed E-state index contributed by atoms with van der Waals surface area (Å²) in [5.41, 5.74) is 2.90. The Labute approximate surface area is 171 Å². The number of rotatable bonds is 5. The van der Waals surface area contributed by atoms with Gasteiger partial charge < -0.3 is 9.47 Å². The molecule has 2 aromatic carbocycles. The summed E-state index contributed by atoms with van der Waals surface area (Å²) >= 11 is 0. The lowest BCUT2D eigenvalue weighted by Crippen LogP contribution is -2.51. The third kappa shape index (κ3) is 4.00. The van der Waals surface area contributed by atoms with E-state index in [4.69, 9.17) is 0 Å². The number of piperazine rings is 1. The van der Waals surface area contributed by atoms with Gasteiger partial charge in [-0.3, -0.25) is 14.5 Å². The molecule has 0 atom stereocenters. The van der Waals surface area contributed by atoms with Crippen LogP contribution in [0.2, 0.25) is 0 Å². The summed E-state index contributed by atoms with van der Waals surface area (Å²) in [6, 6.07) is 24.5. The number of carbonyl (C=O) groups is 2. The fourth-order valence-corrected chi connectivity index (χ4v) is 4.02. The lowest BCUT2D eigenvalue weighted by Gasteiger charge is -2.39. The first-order valence-electron chi connectivity index (χ1n) is 9.94. The Morgan fingerprint density at radius 1 is 0.759 bits per heavy atom. The first kappa shape index (κ1) is 19.2. The van der Waals surface area contributed by atoms with E-state index in [1.54, 1.807) is 34.8 Å². The third-order valence-corrected chi connectivity index (χ3v) is 5.57. The molecular weight excluding hydrogens is 362 g/mol. The van der Waals surface area contributed by atoms with Gasteiger partial charge in [0.15, 0.2) is 0 Å². The summed E-state index contributed by atoms with van der Waals surface area (Å²) in [5.74, 6) is -0.851. The van der Waals surface area contributed by atoms with Gasteiger partial charge in [0.1, 0.15) is 0 Å². The van der Waals surface area contributed by atoms with Crippen molar-refractivity contribution in [2.45, 2.75) is 6.04 Å². The van der Waals surface area contributed by atoms with Gasteiger partial charge >= 0.3 is 0 Å². The van der Waals surface area contributed by atoms with E-state index in [0.717, 1.165) is 13.1 Å². The first-order valence-corrected chi connectivity index (χ1v) is 9.94. The van der Waals surface area contributed by atoms with Crippen LogP contribution < -0.4 is 0 Å². The summed E-state index contributed by atoms with van der Waals surface area (Å²) in [6.07, 6.45) is 1.78. The molecule has 1 fully saturated rings. The topological polar surface area (TPSA) is 45.6 Å². The second-order valence-electron chi connectivity index (χ2n) is 7.39. The van der Waals surface area contributed by atoms with E-state index in [1.165, 1.54) is 11.1 Å². The van der Waals surface area contributed by atoms with Gasteiger partial charge in [-0.05, 0) is 23.3 Å². The molecule has 4 rings (SSSR count). The number of ketones is 1. The molecule has 0 N–H and O–H groups in total. The predicted octanol–water partition coefficient (Wildman–Crippen LogP) is 3.14. The van der Waals surface area contributed by atoms with Gasteiger partial charge in [0, 0.05) is 39.4 Å². The number of aromatic nitrogens is 1. The molecule has 0 aliphatic carbocycles. The number of hydrogen-bond donors (Lipinski definition) is 0. The number of nitrogens with zero attached hydrogens (tertiary/aromatic N) is 3. The van der Waals surface area contributed by atoms with Crippen LogP contribution in [-0.2, 0) is 11.8 Å². The van der Waals surface area contributed by atoms with E-state index >= 15 is 0 Å². The Bertz CT molecular complexity index is 934. The van der Waals surface area contributed by atoms with Crippen LogP contribution in [0.4, 0.5) is 0 Å². The third-order valence-electron chi connectivity index (χ3n) is 5.57. The van der Waals surface area contributed by atoms with Crippen LogP contribution in [0.1, 0.15) is 27.7 Å². The van der Waals surface area contributed by atoms with Crippen LogP contribution in [-0.4, -0.2) is 52.2 Å². The van der Waals surface area contributed by atoms with Gasteiger partial charge in [0.05, 0.1) is 11.7 Å². The Kier molecular flexibility index (Phi) is 5.58. The molecule has 29 heavy (non-hydrogen) atoms. The van der Waals surface area contributed by atoms with Gasteiger partial charge in [-0.2, -0.15) is 0 Å². The smallest absolute Gasteiger partial charge is 0.296 e. The van der Waals surface area contributed by atoms with E-state index in [0.29, 0.717) is 18.8 Å². The average Bonchev–Trinajstić information content (AvgIpc) is 3.21. The highest BCUT2D eigenvalue weighted by atomic mass is 16.2. The molecule has 0 bridgehead atoms. The van der Waals surface area contributed by atoms with Crippen molar-refractivity contribution in [3.63, 3.8) is 0 Å². The van der Waals surface area contributed by atoms with Gasteiger partial charge in [-0.1, -0.05) is 60.7 Å². The average molecular weight is 387 g/mol. The molecule has 2 heterocycles. The van der Waals surface area contributed by atoms with Crippen LogP contribution >= 0.6 is 0 Å². The van der Waals surface area contributed by atoms with Gasteiger partial charge in [-0.25, -0.2) is 0 Å². The minimum Gasteiger partial charge on any atom is -0.348 e. The molecule has 0 unspecified atom stereocenters. The minimum atomic E-state index is -0.436. The number of hydrogen-bond acceptors (Lipinski definition) is 3. The molecule has 148 valence electrons. The summed E-state index contributed by atoms with van der Waals surface area (Å²) in [5, 5.41) is 0. The second kappa shape index (κ2) is 8.45. The highest BCUT2D eigenvalue weighted by molar-refractivity contribution is 6.42. The van der Waals surface area contributed by atoms with E-state index in [9.17, 15) is 9.59 Å². The molecular formula is C24H25N3O2. The SMILES string of the molecule is Cn1cccc1C(=O)C(=O)N1CCN(C(c2ccccc2)c2ccccc2)CC1. The predicted molar refractivity (Wildman–Crippen MR) is 113 cm³/mol. The standard InChI is InChI=1S/C24H25N3O2/c1-25-14-8-13-21(25)23(28)24(29)27-17-15-26(16-18-27)22(19-9-4-2-5-10-19)20-11-6-3-7-12-20/h2-14,22H,15-18H2,1H3. The molecule has 1 saturated heterocycles. The molecule has 0 spiro atoms. The van der Waals surface area contributed by atoms with E-state index in [2.05, 4.69) is 53.4 Å². The zero-order chi connectivity index (χ0) is 20.2. The van der Waals surface area contributed by atoms with Crippen LogP contribution in [0.15, 0.2) is 79.0 Å². The fraction of sp³-hybridized carbons (Fsp3) is 0.250. The molecule has 5 nitrogen and oxygen atoms in total. The molecule has 1 aliphatic heterocycles. The lowest BCUT2D eigenvalue weighted by atomic mass is 9.96. The quantitative estimate of drug-likeness (QED) is 0.499. The zero-order valence-corrected chi connectivity index (χ0v) is 16.6. The summed E-state index contributed by atoms with van der Waals surface area (Å²) in [7, 11) is 1.78. The Morgan fingerprint density at radius 3 is 1.79 bits per heavy atom. The van der Waals surface area contributed by atoms with Crippen molar-refractivity contribution in [1.82, 2.24) is 14.4 Å². The molecule has 3 aromatic rings. The number of benzene rings is 2. The van der Waals surface area contributed by atoms with E-state index in [1.807, 2.05) is 12.1 Å². The van der Waals surface area contributed by atoms with Crippen molar-refractivity contribution in [2.24, 2.45) is 7.05 Å². The molecule has 5 heteroatoms. The van der Waals surface area contributed by atoms with Crippen LogP contribution in [0.5, 0.6) is 0 Å². The minimum absolute atomic E-state index is 0.137. The van der Waals surface area contributed by atoms with E-state index < -0.39 is 11.7 Å². The maximum atomic E-state index is 12.7. The number of amides is 1. The van der Waals surface area contributed by atoms with Gasteiger partial charge in [0.2, 0.25) is 0 Å². The molecule has 0 radical (unpaired) electrons. The number of carbonyl (C=O) groups excluding carboxylic acids is 2. The highest BCUT2D eigenvalue weighted by Gasteiger charge is 2.31. The first-order chi connectivity index (χ1) is 14.1. The van der Waals surface area contributed by atoms with Gasteiger partial charge in [-0.15, -0.1) is 0 Å². The molecule has 1 aromatic heterocycles. The second-order valence-corrected chi connectivity index (χ2v) is 7.39. The van der Waals surface area contributed by atoms with Crippen molar-refractivity contribution in [3.8, 4) is 0 Å². The summed E-state index contributed by atoms with van der Waals surface area (Å²) in [6.45, 7) is 2.54. The highest BCUT2D eigenvalue weighted by Crippen LogP contribution is 2.29. The zero-order valence-electron chi connectivity index (χ0n) is 16.6. The summed E-state index contributed by atoms with van der Waals surface area (Å²) < 4.78 is 1.69. The summed E-state index contributed by atoms with van der Waals surface area (Å²) in [4.78, 5) is 29.3.